The molecule has 5 nitrogen and oxygen atoms in total. The molecule has 0 aliphatic rings. The molecule has 0 atom stereocenters. The lowest BCUT2D eigenvalue weighted by atomic mass is 9.96. The van der Waals surface area contributed by atoms with Crippen LogP contribution in [0.3, 0.4) is 0 Å². The summed E-state index contributed by atoms with van der Waals surface area (Å²) in [5, 5.41) is 9.54. The first-order chi connectivity index (χ1) is 9.29. The molecule has 0 fully saturated rings. The van der Waals surface area contributed by atoms with Gasteiger partial charge >= 0.3 is 5.97 Å². The van der Waals surface area contributed by atoms with Crippen LogP contribution in [0.2, 0.25) is 0 Å². The minimum Gasteiger partial charge on any atom is -0.478 e. The van der Waals surface area contributed by atoms with Crippen LogP contribution >= 0.6 is 11.5 Å². The van der Waals surface area contributed by atoms with E-state index in [-0.39, 0.29) is 11.0 Å². The molecule has 0 saturated heterocycles. The molecule has 1 aromatic carbocycles. The minimum absolute atomic E-state index is 0.123. The first kappa shape index (κ1) is 14.5. The van der Waals surface area contributed by atoms with Crippen molar-refractivity contribution in [2.24, 2.45) is 0 Å². The fourth-order valence-corrected chi connectivity index (χ4v) is 2.33. The highest BCUT2D eigenvalue weighted by Gasteiger charge is 2.21. The van der Waals surface area contributed by atoms with Crippen LogP contribution in [-0.2, 0) is 5.41 Å². The number of nitrogens with zero attached hydrogens (tertiary/aromatic N) is 2. The molecule has 1 heterocycles. The fourth-order valence-electron chi connectivity index (χ4n) is 1.60. The minimum atomic E-state index is -1.02. The Bertz CT molecular complexity index is 644. The van der Waals surface area contributed by atoms with Crippen molar-refractivity contribution in [1.82, 2.24) is 9.36 Å². The van der Waals surface area contributed by atoms with Crippen LogP contribution < -0.4 is 4.74 Å². The maximum atomic E-state index is 11.2. The van der Waals surface area contributed by atoms with Gasteiger partial charge in [-0.15, -0.1) is 0 Å². The number of carbonyl (C=O) groups is 1. The van der Waals surface area contributed by atoms with Crippen LogP contribution in [0, 0.1) is 6.92 Å². The van der Waals surface area contributed by atoms with E-state index in [2.05, 4.69) is 9.36 Å². The summed E-state index contributed by atoms with van der Waals surface area (Å²) in [6.45, 7) is 7.83. The molecule has 20 heavy (non-hydrogen) atoms. The van der Waals surface area contributed by atoms with Gasteiger partial charge in [0.1, 0.15) is 11.3 Å². The number of hydrogen-bond donors (Lipinski definition) is 1. The summed E-state index contributed by atoms with van der Waals surface area (Å²) in [4.78, 5) is 15.5. The lowest BCUT2D eigenvalue weighted by Crippen LogP contribution is -2.13. The van der Waals surface area contributed by atoms with Gasteiger partial charge in [-0.3, -0.25) is 0 Å². The summed E-state index contributed by atoms with van der Waals surface area (Å²) in [6.07, 6.45) is 0. The van der Waals surface area contributed by atoms with Crippen molar-refractivity contribution in [2.45, 2.75) is 33.1 Å². The SMILES string of the molecule is Cc1cccc(C(=O)O)c1Oc1nc(C(C)(C)C)ns1. The number of hydrogen-bond acceptors (Lipinski definition) is 5. The molecule has 0 amide bonds. The summed E-state index contributed by atoms with van der Waals surface area (Å²) in [5.41, 5.74) is 0.703. The molecular weight excluding hydrogens is 276 g/mol. The number of rotatable bonds is 3. The van der Waals surface area contributed by atoms with E-state index >= 15 is 0 Å². The third-order valence-corrected chi connectivity index (χ3v) is 3.30. The van der Waals surface area contributed by atoms with Gasteiger partial charge in [0.25, 0.3) is 5.19 Å². The maximum Gasteiger partial charge on any atom is 0.339 e. The number of aromatic nitrogens is 2. The van der Waals surface area contributed by atoms with Crippen LogP contribution in [0.5, 0.6) is 10.9 Å². The number of ether oxygens (including phenoxy) is 1. The zero-order valence-corrected chi connectivity index (χ0v) is 12.6. The normalized spacial score (nSPS) is 11.4. The Hall–Kier alpha value is -1.95. The third kappa shape index (κ3) is 2.96. The largest absolute Gasteiger partial charge is 0.478 e. The van der Waals surface area contributed by atoms with Crippen LogP contribution in [0.1, 0.15) is 42.5 Å². The van der Waals surface area contributed by atoms with Gasteiger partial charge in [0.15, 0.2) is 5.82 Å². The standard InChI is InChI=1S/C14H16N2O3S/c1-8-6-5-7-9(11(17)18)10(8)19-13-15-12(16-20-13)14(2,3)4/h5-7H,1-4H3,(H,17,18). The fraction of sp³-hybridized carbons (Fsp3) is 0.357. The van der Waals surface area contributed by atoms with E-state index in [4.69, 9.17) is 4.74 Å². The van der Waals surface area contributed by atoms with Crippen LogP contribution in [0.4, 0.5) is 0 Å². The molecule has 0 aliphatic carbocycles. The van der Waals surface area contributed by atoms with Gasteiger partial charge in [-0.25, -0.2) is 4.79 Å². The van der Waals surface area contributed by atoms with Gasteiger partial charge in [-0.1, -0.05) is 32.9 Å². The summed E-state index contributed by atoms with van der Waals surface area (Å²) in [6, 6.07) is 5.00. The molecule has 0 radical (unpaired) electrons. The number of benzene rings is 1. The van der Waals surface area contributed by atoms with Gasteiger partial charge in [0.2, 0.25) is 0 Å². The lowest BCUT2D eigenvalue weighted by molar-refractivity contribution is 0.0694. The summed E-state index contributed by atoms with van der Waals surface area (Å²) >= 11 is 1.12. The zero-order chi connectivity index (χ0) is 14.9. The van der Waals surface area contributed by atoms with Crippen LogP contribution in [0.25, 0.3) is 0 Å². The molecule has 0 spiro atoms. The van der Waals surface area contributed by atoms with Gasteiger partial charge in [-0.05, 0) is 18.6 Å². The van der Waals surface area contributed by atoms with E-state index < -0.39 is 5.97 Å². The Balaban J connectivity index is 2.35. The van der Waals surface area contributed by atoms with Gasteiger partial charge in [0, 0.05) is 16.9 Å². The van der Waals surface area contributed by atoms with Gasteiger partial charge < -0.3 is 9.84 Å². The van der Waals surface area contributed by atoms with E-state index in [1.54, 1.807) is 19.1 Å². The lowest BCUT2D eigenvalue weighted by Gasteiger charge is -2.12. The molecule has 0 unspecified atom stereocenters. The number of aromatic carboxylic acids is 1. The van der Waals surface area contributed by atoms with E-state index in [1.807, 2.05) is 20.8 Å². The average molecular weight is 292 g/mol. The molecular formula is C14H16N2O3S. The quantitative estimate of drug-likeness (QED) is 0.935. The van der Waals surface area contributed by atoms with Crippen molar-refractivity contribution in [3.8, 4) is 10.9 Å². The molecule has 0 saturated carbocycles. The number of aryl methyl sites for hydroxylation is 1. The highest BCUT2D eigenvalue weighted by molar-refractivity contribution is 7.07. The smallest absolute Gasteiger partial charge is 0.339 e. The number of carboxylic acid groups (broad SMARTS) is 1. The molecule has 1 N–H and O–H groups in total. The summed E-state index contributed by atoms with van der Waals surface area (Å²) in [5.74, 6) is -0.0242. The zero-order valence-electron chi connectivity index (χ0n) is 11.8. The van der Waals surface area contributed by atoms with Gasteiger partial charge in [0.05, 0.1) is 0 Å². The van der Waals surface area contributed by atoms with E-state index in [9.17, 15) is 9.90 Å². The van der Waals surface area contributed by atoms with Crippen LogP contribution in [0.15, 0.2) is 18.2 Å². The van der Waals surface area contributed by atoms with Crippen LogP contribution in [-0.4, -0.2) is 20.4 Å². The maximum absolute atomic E-state index is 11.2. The molecule has 6 heteroatoms. The first-order valence-corrected chi connectivity index (χ1v) is 6.91. The van der Waals surface area contributed by atoms with Crippen molar-refractivity contribution in [1.29, 1.82) is 0 Å². The first-order valence-electron chi connectivity index (χ1n) is 6.14. The van der Waals surface area contributed by atoms with E-state index in [1.165, 1.54) is 6.07 Å². The molecule has 0 aliphatic heterocycles. The highest BCUT2D eigenvalue weighted by Crippen LogP contribution is 2.32. The number of para-hydroxylation sites is 1. The van der Waals surface area contributed by atoms with Crippen molar-refractivity contribution in [3.05, 3.63) is 35.2 Å². The van der Waals surface area contributed by atoms with Crippen molar-refractivity contribution in [3.63, 3.8) is 0 Å². The second kappa shape index (κ2) is 5.20. The Morgan fingerprint density at radius 1 is 1.35 bits per heavy atom. The van der Waals surface area contributed by atoms with Crippen molar-refractivity contribution in [2.75, 3.05) is 0 Å². The summed E-state index contributed by atoms with van der Waals surface area (Å²) in [7, 11) is 0. The predicted octanol–water partition coefficient (Wildman–Crippen LogP) is 3.63. The molecule has 2 rings (SSSR count). The van der Waals surface area contributed by atoms with E-state index in [0.29, 0.717) is 16.8 Å². The predicted molar refractivity (Wildman–Crippen MR) is 76.8 cm³/mol. The third-order valence-electron chi connectivity index (χ3n) is 2.71. The topological polar surface area (TPSA) is 72.3 Å². The second-order valence-corrected chi connectivity index (χ2v) is 6.21. The van der Waals surface area contributed by atoms with Gasteiger partial charge in [-0.2, -0.15) is 9.36 Å². The van der Waals surface area contributed by atoms with E-state index in [0.717, 1.165) is 17.1 Å². The second-order valence-electron chi connectivity index (χ2n) is 5.49. The highest BCUT2D eigenvalue weighted by atomic mass is 32.1. The van der Waals surface area contributed by atoms with Crippen molar-refractivity contribution < 1.29 is 14.6 Å². The monoisotopic (exact) mass is 292 g/mol. The Morgan fingerprint density at radius 3 is 2.60 bits per heavy atom. The van der Waals surface area contributed by atoms with Crippen molar-refractivity contribution >= 4 is 17.5 Å². The molecule has 2 aromatic rings. The summed E-state index contributed by atoms with van der Waals surface area (Å²) < 4.78 is 9.89. The average Bonchev–Trinajstić information content (AvgIpc) is 2.79. The molecule has 1 aromatic heterocycles. The molecule has 0 bridgehead atoms. The molecule has 106 valence electrons. The Morgan fingerprint density at radius 2 is 2.05 bits per heavy atom. The number of carboxylic acids is 1. The Labute approximate surface area is 121 Å². The Kier molecular flexibility index (Phi) is 3.76.